The van der Waals surface area contributed by atoms with Gasteiger partial charge in [0.05, 0.1) is 24.1 Å². The number of aliphatic carboxylic acids is 1. The normalized spacial score (nSPS) is 14.0. The SMILES string of the molecule is Cc1ccccc1-c1cnc(N(C)C2CNC2)cn1.O=C(O)C(F)(F)F. The van der Waals surface area contributed by atoms with Crippen molar-refractivity contribution in [2.24, 2.45) is 0 Å². The van der Waals surface area contributed by atoms with Crippen molar-refractivity contribution in [1.29, 1.82) is 0 Å². The van der Waals surface area contributed by atoms with E-state index < -0.39 is 12.1 Å². The number of carboxylic acids is 1. The molecule has 26 heavy (non-hydrogen) atoms. The minimum absolute atomic E-state index is 0.540. The summed E-state index contributed by atoms with van der Waals surface area (Å²) in [7, 11) is 2.07. The third kappa shape index (κ3) is 4.92. The Morgan fingerprint density at radius 3 is 2.27 bits per heavy atom. The number of halogens is 3. The molecule has 0 saturated carbocycles. The molecule has 2 aromatic rings. The minimum atomic E-state index is -5.08. The molecule has 9 heteroatoms. The van der Waals surface area contributed by atoms with Crippen molar-refractivity contribution in [3.63, 3.8) is 0 Å². The number of nitrogens with one attached hydrogen (secondary N) is 1. The van der Waals surface area contributed by atoms with E-state index in [0.29, 0.717) is 6.04 Å². The molecule has 0 unspecified atom stereocenters. The van der Waals surface area contributed by atoms with Gasteiger partial charge in [-0.25, -0.2) is 9.78 Å². The van der Waals surface area contributed by atoms with E-state index in [0.717, 1.165) is 30.2 Å². The number of alkyl halides is 3. The van der Waals surface area contributed by atoms with Gasteiger partial charge in [0.1, 0.15) is 5.82 Å². The number of aromatic nitrogens is 2. The van der Waals surface area contributed by atoms with E-state index in [1.165, 1.54) is 5.56 Å². The quantitative estimate of drug-likeness (QED) is 0.867. The number of nitrogens with zero attached hydrogens (tertiary/aromatic N) is 3. The molecular weight excluding hydrogens is 349 g/mol. The van der Waals surface area contributed by atoms with Crippen LogP contribution in [0.15, 0.2) is 36.7 Å². The number of hydrogen-bond donors (Lipinski definition) is 2. The number of aryl methyl sites for hydroxylation is 1. The van der Waals surface area contributed by atoms with E-state index >= 15 is 0 Å². The highest BCUT2D eigenvalue weighted by Gasteiger charge is 2.38. The van der Waals surface area contributed by atoms with Gasteiger partial charge in [0.15, 0.2) is 0 Å². The number of carbonyl (C=O) groups is 1. The van der Waals surface area contributed by atoms with Crippen LogP contribution in [0.2, 0.25) is 0 Å². The lowest BCUT2D eigenvalue weighted by atomic mass is 10.1. The standard InChI is InChI=1S/C15H18N4.C2HF3O2/c1-11-5-3-4-6-13(11)14-9-18-15(10-17-14)19(2)12-7-16-8-12;3-2(4,5)1(6)7/h3-6,9-10,12,16H,7-8H2,1-2H3;(H,6,7). The Morgan fingerprint density at radius 2 is 1.85 bits per heavy atom. The summed E-state index contributed by atoms with van der Waals surface area (Å²) >= 11 is 0. The van der Waals surface area contributed by atoms with Crippen molar-refractivity contribution in [3.05, 3.63) is 42.2 Å². The van der Waals surface area contributed by atoms with Gasteiger partial charge in [0, 0.05) is 25.7 Å². The van der Waals surface area contributed by atoms with Crippen LogP contribution >= 0.6 is 0 Å². The first-order valence-electron chi connectivity index (χ1n) is 7.82. The Bertz CT molecular complexity index is 746. The molecule has 0 radical (unpaired) electrons. The van der Waals surface area contributed by atoms with Crippen molar-refractivity contribution in [2.75, 3.05) is 25.0 Å². The largest absolute Gasteiger partial charge is 0.490 e. The number of hydrogen-bond acceptors (Lipinski definition) is 5. The van der Waals surface area contributed by atoms with Crippen molar-refractivity contribution < 1.29 is 23.1 Å². The summed E-state index contributed by atoms with van der Waals surface area (Å²) in [6.07, 6.45) is -1.36. The molecule has 0 amide bonds. The molecule has 2 N–H and O–H groups in total. The summed E-state index contributed by atoms with van der Waals surface area (Å²) < 4.78 is 31.7. The molecule has 140 valence electrons. The van der Waals surface area contributed by atoms with E-state index in [4.69, 9.17) is 9.90 Å². The van der Waals surface area contributed by atoms with E-state index in [1.54, 1.807) is 0 Å². The van der Waals surface area contributed by atoms with Gasteiger partial charge in [0.2, 0.25) is 0 Å². The van der Waals surface area contributed by atoms with Gasteiger partial charge < -0.3 is 15.3 Å². The van der Waals surface area contributed by atoms with Crippen molar-refractivity contribution in [3.8, 4) is 11.3 Å². The zero-order chi connectivity index (χ0) is 19.3. The fourth-order valence-corrected chi connectivity index (χ4v) is 2.24. The van der Waals surface area contributed by atoms with Crippen molar-refractivity contribution in [2.45, 2.75) is 19.1 Å². The van der Waals surface area contributed by atoms with E-state index in [2.05, 4.69) is 46.3 Å². The lowest BCUT2D eigenvalue weighted by Gasteiger charge is -2.36. The second-order valence-electron chi connectivity index (χ2n) is 5.80. The number of carboxylic acid groups (broad SMARTS) is 1. The van der Waals surface area contributed by atoms with E-state index in [1.807, 2.05) is 24.5 Å². The Balaban J connectivity index is 0.000000298. The predicted octanol–water partition coefficient (Wildman–Crippen LogP) is 2.49. The molecular formula is C17H19F3N4O2. The fraction of sp³-hybridized carbons (Fsp3) is 0.353. The van der Waals surface area contributed by atoms with Crippen LogP contribution in [0, 0.1) is 6.92 Å². The zero-order valence-corrected chi connectivity index (χ0v) is 14.3. The van der Waals surface area contributed by atoms with Gasteiger partial charge in [-0.1, -0.05) is 24.3 Å². The van der Waals surface area contributed by atoms with Gasteiger partial charge in [0.25, 0.3) is 0 Å². The van der Waals surface area contributed by atoms with Gasteiger partial charge in [-0.2, -0.15) is 13.2 Å². The third-order valence-corrected chi connectivity index (χ3v) is 3.97. The molecule has 1 saturated heterocycles. The van der Waals surface area contributed by atoms with Crippen molar-refractivity contribution in [1.82, 2.24) is 15.3 Å². The molecule has 3 rings (SSSR count). The summed E-state index contributed by atoms with van der Waals surface area (Å²) in [5.41, 5.74) is 3.30. The summed E-state index contributed by atoms with van der Waals surface area (Å²) in [6.45, 7) is 4.15. The molecule has 1 aliphatic heterocycles. The first-order valence-corrected chi connectivity index (χ1v) is 7.82. The van der Waals surface area contributed by atoms with Crippen LogP contribution < -0.4 is 10.2 Å². The van der Waals surface area contributed by atoms with Gasteiger partial charge in [-0.3, -0.25) is 4.98 Å². The van der Waals surface area contributed by atoms with Crippen LogP contribution in [0.5, 0.6) is 0 Å². The summed E-state index contributed by atoms with van der Waals surface area (Å²) in [5.74, 6) is -1.82. The van der Waals surface area contributed by atoms with Gasteiger partial charge in [-0.15, -0.1) is 0 Å². The first kappa shape index (κ1) is 19.6. The molecule has 1 fully saturated rings. The molecule has 0 spiro atoms. The van der Waals surface area contributed by atoms with E-state index in [-0.39, 0.29) is 0 Å². The van der Waals surface area contributed by atoms with E-state index in [9.17, 15) is 13.2 Å². The molecule has 0 atom stereocenters. The first-order chi connectivity index (χ1) is 12.2. The van der Waals surface area contributed by atoms with Gasteiger partial charge in [-0.05, 0) is 12.5 Å². The zero-order valence-electron chi connectivity index (χ0n) is 14.3. The second-order valence-corrected chi connectivity index (χ2v) is 5.80. The lowest BCUT2D eigenvalue weighted by molar-refractivity contribution is -0.192. The number of anilines is 1. The Kier molecular flexibility index (Phi) is 6.14. The molecule has 0 aliphatic carbocycles. The summed E-state index contributed by atoms with van der Waals surface area (Å²) in [6, 6.07) is 8.79. The maximum Gasteiger partial charge on any atom is 0.490 e. The molecule has 6 nitrogen and oxygen atoms in total. The van der Waals surface area contributed by atoms with Crippen LogP contribution in [0.3, 0.4) is 0 Å². The monoisotopic (exact) mass is 368 g/mol. The number of likely N-dealkylation sites (N-methyl/N-ethyl adjacent to an activating group) is 1. The Labute approximate surface area is 148 Å². The molecule has 2 heterocycles. The van der Waals surface area contributed by atoms with Crippen LogP contribution in [0.25, 0.3) is 11.3 Å². The van der Waals surface area contributed by atoms with Crippen LogP contribution in [0.1, 0.15) is 5.56 Å². The number of rotatable bonds is 3. The third-order valence-electron chi connectivity index (χ3n) is 3.97. The number of benzene rings is 1. The molecule has 0 bridgehead atoms. The Hall–Kier alpha value is -2.68. The second kappa shape index (κ2) is 8.13. The van der Waals surface area contributed by atoms with Crippen molar-refractivity contribution >= 4 is 11.8 Å². The molecule has 1 aliphatic rings. The average molecular weight is 368 g/mol. The molecule has 1 aromatic heterocycles. The molecule has 1 aromatic carbocycles. The minimum Gasteiger partial charge on any atom is -0.475 e. The van der Waals surface area contributed by atoms with Crippen LogP contribution in [-0.4, -0.2) is 53.4 Å². The maximum atomic E-state index is 10.6. The van der Waals surface area contributed by atoms with Gasteiger partial charge >= 0.3 is 12.1 Å². The summed E-state index contributed by atoms with van der Waals surface area (Å²) in [5, 5.41) is 10.4. The summed E-state index contributed by atoms with van der Waals surface area (Å²) in [4.78, 5) is 20.2. The highest BCUT2D eigenvalue weighted by molar-refractivity contribution is 5.73. The highest BCUT2D eigenvalue weighted by atomic mass is 19.4. The maximum absolute atomic E-state index is 10.6. The van der Waals surface area contributed by atoms with Crippen LogP contribution in [0.4, 0.5) is 19.0 Å². The topological polar surface area (TPSA) is 78.4 Å². The predicted molar refractivity (Wildman–Crippen MR) is 91.0 cm³/mol. The fourth-order valence-electron chi connectivity index (χ4n) is 2.24. The lowest BCUT2D eigenvalue weighted by Crippen LogP contribution is -2.56. The average Bonchev–Trinajstić information content (AvgIpc) is 2.53. The highest BCUT2D eigenvalue weighted by Crippen LogP contribution is 2.22. The van der Waals surface area contributed by atoms with Crippen LogP contribution in [-0.2, 0) is 4.79 Å². The smallest absolute Gasteiger partial charge is 0.475 e. The Morgan fingerprint density at radius 1 is 1.23 bits per heavy atom.